The molecule has 0 saturated heterocycles. The zero-order valence-corrected chi connectivity index (χ0v) is 7.87. The maximum Gasteiger partial charge on any atom is 0.153 e. The maximum absolute atomic E-state index is 9.74. The molecule has 0 radical (unpaired) electrons. The van der Waals surface area contributed by atoms with Crippen LogP contribution in [0.4, 0.5) is 0 Å². The van der Waals surface area contributed by atoms with Gasteiger partial charge in [-0.3, -0.25) is 4.68 Å². The second kappa shape index (κ2) is 2.45. The number of pyridine rings is 1. The standard InChI is InChI=1S/C9H11N3O/c1-5-6(2)10-7-4-12(3)11-8(7)9(5)13/h4,13H,1-3H3. The van der Waals surface area contributed by atoms with E-state index in [1.807, 2.05) is 20.9 Å². The monoisotopic (exact) mass is 177 g/mol. The predicted molar refractivity (Wildman–Crippen MR) is 49.6 cm³/mol. The summed E-state index contributed by atoms with van der Waals surface area (Å²) >= 11 is 0. The summed E-state index contributed by atoms with van der Waals surface area (Å²) in [7, 11) is 1.81. The highest BCUT2D eigenvalue weighted by Gasteiger charge is 2.10. The van der Waals surface area contributed by atoms with Crippen molar-refractivity contribution >= 4 is 11.0 Å². The van der Waals surface area contributed by atoms with Crippen LogP contribution < -0.4 is 0 Å². The zero-order chi connectivity index (χ0) is 9.59. The molecule has 0 aliphatic heterocycles. The molecule has 2 heterocycles. The molecule has 0 unspecified atom stereocenters. The highest BCUT2D eigenvalue weighted by Crippen LogP contribution is 2.26. The van der Waals surface area contributed by atoms with E-state index in [0.29, 0.717) is 5.52 Å². The van der Waals surface area contributed by atoms with Gasteiger partial charge in [-0.1, -0.05) is 0 Å². The molecular weight excluding hydrogens is 166 g/mol. The molecule has 68 valence electrons. The van der Waals surface area contributed by atoms with Crippen LogP contribution in [0.5, 0.6) is 5.75 Å². The minimum atomic E-state index is 0.239. The van der Waals surface area contributed by atoms with Crippen LogP contribution in [-0.4, -0.2) is 19.9 Å². The van der Waals surface area contributed by atoms with E-state index in [0.717, 1.165) is 16.8 Å². The lowest BCUT2D eigenvalue weighted by Gasteiger charge is -2.01. The fourth-order valence-electron chi connectivity index (χ4n) is 1.34. The van der Waals surface area contributed by atoms with Crippen molar-refractivity contribution in [3.8, 4) is 5.75 Å². The van der Waals surface area contributed by atoms with Crippen LogP contribution in [0.25, 0.3) is 11.0 Å². The molecule has 0 saturated carbocycles. The van der Waals surface area contributed by atoms with Crippen LogP contribution in [0.3, 0.4) is 0 Å². The number of aryl methyl sites for hydroxylation is 2. The molecule has 4 heteroatoms. The number of fused-ring (bicyclic) bond motifs is 1. The first kappa shape index (κ1) is 8.04. The Morgan fingerprint density at radius 3 is 2.77 bits per heavy atom. The molecule has 0 aliphatic carbocycles. The lowest BCUT2D eigenvalue weighted by atomic mass is 10.2. The van der Waals surface area contributed by atoms with E-state index in [9.17, 15) is 5.11 Å². The Hall–Kier alpha value is -1.58. The van der Waals surface area contributed by atoms with Crippen LogP contribution in [0.1, 0.15) is 11.3 Å². The summed E-state index contributed by atoms with van der Waals surface area (Å²) in [6.07, 6.45) is 1.79. The van der Waals surface area contributed by atoms with Crippen molar-refractivity contribution in [2.75, 3.05) is 0 Å². The molecule has 0 aliphatic rings. The number of nitrogens with zero attached hydrogens (tertiary/aromatic N) is 3. The van der Waals surface area contributed by atoms with Gasteiger partial charge in [0.1, 0.15) is 11.3 Å². The Morgan fingerprint density at radius 1 is 1.38 bits per heavy atom. The quantitative estimate of drug-likeness (QED) is 0.659. The largest absolute Gasteiger partial charge is 0.505 e. The molecule has 13 heavy (non-hydrogen) atoms. The SMILES string of the molecule is Cc1nc2cn(C)nc2c(O)c1C. The second-order valence-electron chi connectivity index (χ2n) is 3.21. The molecule has 2 rings (SSSR count). The fourth-order valence-corrected chi connectivity index (χ4v) is 1.34. The van der Waals surface area contributed by atoms with Gasteiger partial charge in [-0.2, -0.15) is 5.10 Å². The van der Waals surface area contributed by atoms with Gasteiger partial charge in [0, 0.05) is 18.3 Å². The highest BCUT2D eigenvalue weighted by atomic mass is 16.3. The van der Waals surface area contributed by atoms with Crippen molar-refractivity contribution < 1.29 is 5.11 Å². The van der Waals surface area contributed by atoms with E-state index in [1.54, 1.807) is 10.9 Å². The van der Waals surface area contributed by atoms with E-state index < -0.39 is 0 Å². The molecule has 0 fully saturated rings. The van der Waals surface area contributed by atoms with Gasteiger partial charge in [0.05, 0.1) is 6.20 Å². The Kier molecular flexibility index (Phi) is 1.52. The Balaban J connectivity index is 2.92. The van der Waals surface area contributed by atoms with Gasteiger partial charge >= 0.3 is 0 Å². The summed E-state index contributed by atoms with van der Waals surface area (Å²) in [6.45, 7) is 3.72. The molecule has 2 aromatic rings. The third-order valence-electron chi connectivity index (χ3n) is 2.22. The van der Waals surface area contributed by atoms with E-state index >= 15 is 0 Å². The zero-order valence-electron chi connectivity index (χ0n) is 7.87. The van der Waals surface area contributed by atoms with E-state index in [2.05, 4.69) is 10.1 Å². The molecule has 0 spiro atoms. The topological polar surface area (TPSA) is 50.9 Å². The number of rotatable bonds is 0. The maximum atomic E-state index is 9.74. The molecule has 4 nitrogen and oxygen atoms in total. The number of hydrogen-bond donors (Lipinski definition) is 1. The minimum absolute atomic E-state index is 0.239. The van der Waals surface area contributed by atoms with Gasteiger partial charge in [-0.05, 0) is 13.8 Å². The van der Waals surface area contributed by atoms with Crippen molar-refractivity contribution in [2.45, 2.75) is 13.8 Å². The first-order valence-corrected chi connectivity index (χ1v) is 4.09. The van der Waals surface area contributed by atoms with Crippen LogP contribution >= 0.6 is 0 Å². The summed E-state index contributed by atoms with van der Waals surface area (Å²) in [5, 5.41) is 13.9. The van der Waals surface area contributed by atoms with Crippen molar-refractivity contribution in [1.29, 1.82) is 0 Å². The smallest absolute Gasteiger partial charge is 0.153 e. The Labute approximate surface area is 75.8 Å². The molecule has 2 aromatic heterocycles. The molecule has 0 amide bonds. The fraction of sp³-hybridized carbons (Fsp3) is 0.333. The van der Waals surface area contributed by atoms with Gasteiger partial charge in [0.2, 0.25) is 0 Å². The average Bonchev–Trinajstić information content (AvgIpc) is 2.42. The highest BCUT2D eigenvalue weighted by molar-refractivity contribution is 5.81. The first-order chi connectivity index (χ1) is 6.09. The Bertz CT molecular complexity index is 473. The van der Waals surface area contributed by atoms with Crippen molar-refractivity contribution in [1.82, 2.24) is 14.8 Å². The lowest BCUT2D eigenvalue weighted by Crippen LogP contribution is -1.88. The summed E-state index contributed by atoms with van der Waals surface area (Å²) in [5.41, 5.74) is 2.96. The first-order valence-electron chi connectivity index (χ1n) is 4.09. The van der Waals surface area contributed by atoms with Crippen LogP contribution in [0.2, 0.25) is 0 Å². The van der Waals surface area contributed by atoms with Crippen LogP contribution in [0, 0.1) is 13.8 Å². The molecular formula is C9H11N3O. The number of aromatic hydroxyl groups is 1. The molecule has 0 atom stereocenters. The van der Waals surface area contributed by atoms with Crippen molar-refractivity contribution in [3.05, 3.63) is 17.5 Å². The van der Waals surface area contributed by atoms with Crippen LogP contribution in [-0.2, 0) is 7.05 Å². The van der Waals surface area contributed by atoms with Crippen molar-refractivity contribution in [3.63, 3.8) is 0 Å². The van der Waals surface area contributed by atoms with E-state index in [-0.39, 0.29) is 5.75 Å². The second-order valence-corrected chi connectivity index (χ2v) is 3.21. The number of aromatic nitrogens is 3. The molecule has 0 bridgehead atoms. The molecule has 0 aromatic carbocycles. The third-order valence-corrected chi connectivity index (χ3v) is 2.22. The van der Waals surface area contributed by atoms with Crippen molar-refractivity contribution in [2.24, 2.45) is 7.05 Å². The number of hydrogen-bond acceptors (Lipinski definition) is 3. The lowest BCUT2D eigenvalue weighted by molar-refractivity contribution is 0.474. The summed E-state index contributed by atoms with van der Waals surface area (Å²) in [4.78, 5) is 4.31. The minimum Gasteiger partial charge on any atom is -0.505 e. The van der Waals surface area contributed by atoms with Gasteiger partial charge in [-0.15, -0.1) is 0 Å². The Morgan fingerprint density at radius 2 is 2.08 bits per heavy atom. The normalized spacial score (nSPS) is 11.0. The van der Waals surface area contributed by atoms with Gasteiger partial charge in [-0.25, -0.2) is 4.98 Å². The third kappa shape index (κ3) is 1.06. The van der Waals surface area contributed by atoms with Crippen LogP contribution in [0.15, 0.2) is 6.20 Å². The van der Waals surface area contributed by atoms with Gasteiger partial charge in [0.15, 0.2) is 5.52 Å². The van der Waals surface area contributed by atoms with E-state index in [1.165, 1.54) is 0 Å². The van der Waals surface area contributed by atoms with E-state index in [4.69, 9.17) is 0 Å². The average molecular weight is 177 g/mol. The molecule has 1 N–H and O–H groups in total. The van der Waals surface area contributed by atoms with Gasteiger partial charge < -0.3 is 5.11 Å². The summed E-state index contributed by atoms with van der Waals surface area (Å²) < 4.78 is 1.65. The van der Waals surface area contributed by atoms with Gasteiger partial charge in [0.25, 0.3) is 0 Å². The summed E-state index contributed by atoms with van der Waals surface area (Å²) in [5.74, 6) is 0.239. The summed E-state index contributed by atoms with van der Waals surface area (Å²) in [6, 6.07) is 0. The predicted octanol–water partition coefficient (Wildman–Crippen LogP) is 1.29.